The molecule has 3 aromatic heterocycles. The molecular formula is C13H13N5O. The molecule has 0 saturated carbocycles. The zero-order valence-electron chi connectivity index (χ0n) is 10.4. The van der Waals surface area contributed by atoms with E-state index in [0.717, 1.165) is 17.0 Å². The average molecular weight is 255 g/mol. The van der Waals surface area contributed by atoms with Crippen LogP contribution in [-0.4, -0.2) is 25.5 Å². The Balaban J connectivity index is 1.80. The van der Waals surface area contributed by atoms with Gasteiger partial charge in [0.25, 0.3) is 5.91 Å². The molecule has 6 heteroatoms. The predicted molar refractivity (Wildman–Crippen MR) is 69.7 cm³/mol. The summed E-state index contributed by atoms with van der Waals surface area (Å²) in [5.41, 5.74) is 3.08. The molecule has 0 atom stereocenters. The van der Waals surface area contributed by atoms with Gasteiger partial charge in [-0.2, -0.15) is 5.10 Å². The molecule has 19 heavy (non-hydrogen) atoms. The number of aromatic amines is 1. The number of aromatic nitrogens is 4. The van der Waals surface area contributed by atoms with Crippen molar-refractivity contribution in [2.45, 2.75) is 13.5 Å². The fourth-order valence-electron chi connectivity index (χ4n) is 1.91. The molecule has 0 aliphatic rings. The summed E-state index contributed by atoms with van der Waals surface area (Å²) in [6.07, 6.45) is 3.39. The summed E-state index contributed by atoms with van der Waals surface area (Å²) in [7, 11) is 0. The van der Waals surface area contributed by atoms with E-state index >= 15 is 0 Å². The lowest BCUT2D eigenvalue weighted by Gasteiger charge is -1.99. The lowest BCUT2D eigenvalue weighted by atomic mass is 10.4. The second kappa shape index (κ2) is 4.56. The van der Waals surface area contributed by atoms with Crippen LogP contribution in [0.15, 0.2) is 36.7 Å². The zero-order valence-corrected chi connectivity index (χ0v) is 10.4. The molecular weight excluding hydrogens is 242 g/mol. The van der Waals surface area contributed by atoms with Crippen LogP contribution < -0.4 is 5.32 Å². The smallest absolute Gasteiger partial charge is 0.271 e. The summed E-state index contributed by atoms with van der Waals surface area (Å²) in [6, 6.07) is 7.58. The van der Waals surface area contributed by atoms with E-state index in [1.165, 1.54) is 0 Å². The van der Waals surface area contributed by atoms with E-state index < -0.39 is 0 Å². The van der Waals surface area contributed by atoms with Crippen molar-refractivity contribution in [3.8, 4) is 0 Å². The number of pyridine rings is 1. The van der Waals surface area contributed by atoms with Gasteiger partial charge in [0.1, 0.15) is 11.3 Å². The number of rotatable bonds is 3. The molecule has 2 N–H and O–H groups in total. The highest BCUT2D eigenvalue weighted by molar-refractivity contribution is 5.92. The number of fused-ring (bicyclic) bond motifs is 1. The van der Waals surface area contributed by atoms with E-state index in [9.17, 15) is 4.79 Å². The minimum absolute atomic E-state index is 0.197. The lowest BCUT2D eigenvalue weighted by molar-refractivity contribution is 0.0946. The SMILES string of the molecule is Cc1cccc2nc(C(=O)NCc3ccn[nH]3)cn12. The van der Waals surface area contributed by atoms with Gasteiger partial charge in [-0.05, 0) is 25.1 Å². The summed E-state index contributed by atoms with van der Waals surface area (Å²) in [5.74, 6) is -0.197. The maximum absolute atomic E-state index is 12.0. The van der Waals surface area contributed by atoms with Gasteiger partial charge >= 0.3 is 0 Å². The largest absolute Gasteiger partial charge is 0.345 e. The lowest BCUT2D eigenvalue weighted by Crippen LogP contribution is -2.23. The number of amides is 1. The monoisotopic (exact) mass is 255 g/mol. The summed E-state index contributed by atoms with van der Waals surface area (Å²) >= 11 is 0. The summed E-state index contributed by atoms with van der Waals surface area (Å²) < 4.78 is 1.89. The first-order valence-corrected chi connectivity index (χ1v) is 5.95. The van der Waals surface area contributed by atoms with Crippen LogP contribution in [0.1, 0.15) is 21.9 Å². The predicted octanol–water partition coefficient (Wildman–Crippen LogP) is 1.30. The van der Waals surface area contributed by atoms with Crippen molar-refractivity contribution < 1.29 is 4.79 Å². The molecule has 0 aliphatic heterocycles. The Kier molecular flexibility index (Phi) is 2.75. The maximum atomic E-state index is 12.0. The molecule has 0 saturated heterocycles. The van der Waals surface area contributed by atoms with Gasteiger partial charge in [-0.25, -0.2) is 4.98 Å². The Labute approximate surface area is 109 Å². The number of hydrogen-bond acceptors (Lipinski definition) is 3. The Morgan fingerprint density at radius 1 is 1.42 bits per heavy atom. The Morgan fingerprint density at radius 3 is 3.05 bits per heavy atom. The molecule has 3 rings (SSSR count). The first kappa shape index (κ1) is 11.5. The standard InChI is InChI=1S/C13H13N5O/c1-9-3-2-4-12-16-11(8-18(9)12)13(19)14-7-10-5-6-15-17-10/h2-6,8H,7H2,1H3,(H,14,19)(H,15,17). The first-order chi connectivity index (χ1) is 9.24. The molecule has 0 fully saturated rings. The molecule has 6 nitrogen and oxygen atoms in total. The van der Waals surface area contributed by atoms with E-state index in [1.54, 1.807) is 12.4 Å². The van der Waals surface area contributed by atoms with Crippen molar-refractivity contribution in [2.75, 3.05) is 0 Å². The summed E-state index contributed by atoms with van der Waals surface area (Å²) in [6.45, 7) is 2.38. The maximum Gasteiger partial charge on any atom is 0.271 e. The van der Waals surface area contributed by atoms with Crippen molar-refractivity contribution in [1.82, 2.24) is 24.9 Å². The number of aryl methyl sites for hydroxylation is 1. The normalized spacial score (nSPS) is 10.8. The van der Waals surface area contributed by atoms with Crippen molar-refractivity contribution >= 4 is 11.6 Å². The highest BCUT2D eigenvalue weighted by Crippen LogP contribution is 2.08. The van der Waals surface area contributed by atoms with Crippen LogP contribution in [-0.2, 0) is 6.54 Å². The number of carbonyl (C=O) groups is 1. The van der Waals surface area contributed by atoms with E-state index in [2.05, 4.69) is 20.5 Å². The van der Waals surface area contributed by atoms with Crippen LogP contribution in [0.3, 0.4) is 0 Å². The van der Waals surface area contributed by atoms with Gasteiger partial charge in [-0.1, -0.05) is 6.07 Å². The molecule has 3 heterocycles. The van der Waals surface area contributed by atoms with Gasteiger partial charge in [0.2, 0.25) is 0 Å². The van der Waals surface area contributed by atoms with Crippen LogP contribution in [0, 0.1) is 6.92 Å². The molecule has 1 amide bonds. The third kappa shape index (κ3) is 2.20. The fraction of sp³-hybridized carbons (Fsp3) is 0.154. The molecule has 0 bridgehead atoms. The van der Waals surface area contributed by atoms with E-state index in [1.807, 2.05) is 35.6 Å². The number of imidazole rings is 1. The molecule has 0 radical (unpaired) electrons. The van der Waals surface area contributed by atoms with Crippen LogP contribution >= 0.6 is 0 Å². The average Bonchev–Trinajstić information content (AvgIpc) is 3.05. The van der Waals surface area contributed by atoms with Crippen LogP contribution in [0.4, 0.5) is 0 Å². The van der Waals surface area contributed by atoms with Crippen molar-refractivity contribution in [3.63, 3.8) is 0 Å². The van der Waals surface area contributed by atoms with Gasteiger partial charge in [-0.15, -0.1) is 0 Å². The molecule has 3 aromatic rings. The first-order valence-electron chi connectivity index (χ1n) is 5.95. The van der Waals surface area contributed by atoms with E-state index in [4.69, 9.17) is 0 Å². The number of carbonyl (C=O) groups excluding carboxylic acids is 1. The highest BCUT2D eigenvalue weighted by Gasteiger charge is 2.11. The van der Waals surface area contributed by atoms with Crippen LogP contribution in [0.5, 0.6) is 0 Å². The van der Waals surface area contributed by atoms with Crippen molar-refractivity contribution in [1.29, 1.82) is 0 Å². The van der Waals surface area contributed by atoms with Gasteiger partial charge in [0.05, 0.1) is 12.2 Å². The minimum atomic E-state index is -0.197. The second-order valence-electron chi connectivity index (χ2n) is 4.29. The van der Waals surface area contributed by atoms with E-state index in [0.29, 0.717) is 12.2 Å². The van der Waals surface area contributed by atoms with Crippen LogP contribution in [0.25, 0.3) is 5.65 Å². The van der Waals surface area contributed by atoms with Crippen molar-refractivity contribution in [3.05, 3.63) is 53.7 Å². The van der Waals surface area contributed by atoms with Gasteiger partial charge in [0.15, 0.2) is 0 Å². The molecule has 0 spiro atoms. The third-order valence-electron chi connectivity index (χ3n) is 2.93. The number of nitrogens with one attached hydrogen (secondary N) is 2. The van der Waals surface area contributed by atoms with Gasteiger partial charge in [-0.3, -0.25) is 9.89 Å². The van der Waals surface area contributed by atoms with Crippen molar-refractivity contribution in [2.24, 2.45) is 0 Å². The Hall–Kier alpha value is -2.63. The minimum Gasteiger partial charge on any atom is -0.345 e. The highest BCUT2D eigenvalue weighted by atomic mass is 16.1. The zero-order chi connectivity index (χ0) is 13.2. The summed E-state index contributed by atoms with van der Waals surface area (Å²) in [5, 5.41) is 9.41. The number of H-pyrrole nitrogens is 1. The molecule has 0 unspecified atom stereocenters. The Bertz CT molecular complexity index is 714. The van der Waals surface area contributed by atoms with Crippen LogP contribution in [0.2, 0.25) is 0 Å². The topological polar surface area (TPSA) is 75.1 Å². The fourth-order valence-corrected chi connectivity index (χ4v) is 1.91. The number of hydrogen-bond donors (Lipinski definition) is 2. The molecule has 96 valence electrons. The van der Waals surface area contributed by atoms with Gasteiger partial charge in [0, 0.05) is 18.1 Å². The Morgan fingerprint density at radius 2 is 2.32 bits per heavy atom. The summed E-state index contributed by atoms with van der Waals surface area (Å²) in [4.78, 5) is 16.3. The third-order valence-corrected chi connectivity index (χ3v) is 2.93. The second-order valence-corrected chi connectivity index (χ2v) is 4.29. The van der Waals surface area contributed by atoms with Gasteiger partial charge < -0.3 is 9.72 Å². The quantitative estimate of drug-likeness (QED) is 0.740. The number of nitrogens with zero attached hydrogens (tertiary/aromatic N) is 3. The molecule has 0 aromatic carbocycles. The van der Waals surface area contributed by atoms with E-state index in [-0.39, 0.29) is 5.91 Å². The molecule has 0 aliphatic carbocycles.